The van der Waals surface area contributed by atoms with Gasteiger partial charge in [-0.25, -0.2) is 14.8 Å². The van der Waals surface area contributed by atoms with Crippen molar-refractivity contribution in [3.05, 3.63) is 48.3 Å². The number of para-hydroxylation sites is 1. The van der Waals surface area contributed by atoms with Gasteiger partial charge in [0.1, 0.15) is 5.75 Å². The topological polar surface area (TPSA) is 88.2 Å². The molecule has 7 nitrogen and oxygen atoms in total. The van der Waals surface area contributed by atoms with E-state index in [9.17, 15) is 4.79 Å². The van der Waals surface area contributed by atoms with Crippen LogP contribution in [0.4, 0.5) is 10.7 Å². The van der Waals surface area contributed by atoms with E-state index in [4.69, 9.17) is 4.74 Å². The largest absolute Gasteiger partial charge is 0.493 e. The minimum Gasteiger partial charge on any atom is -0.493 e. The molecule has 2 heterocycles. The fourth-order valence-corrected chi connectivity index (χ4v) is 2.56. The first-order valence-corrected chi connectivity index (χ1v) is 8.04. The minimum atomic E-state index is -0.176. The molecule has 0 radical (unpaired) electrons. The highest BCUT2D eigenvalue weighted by Crippen LogP contribution is 2.26. The Balaban J connectivity index is 1.32. The van der Waals surface area contributed by atoms with Crippen molar-refractivity contribution in [2.24, 2.45) is 5.92 Å². The van der Waals surface area contributed by atoms with E-state index in [1.165, 1.54) is 5.56 Å². The summed E-state index contributed by atoms with van der Waals surface area (Å²) in [6.45, 7) is 2.28. The van der Waals surface area contributed by atoms with E-state index in [-0.39, 0.29) is 6.03 Å². The second kappa shape index (κ2) is 8.14. The van der Waals surface area contributed by atoms with Crippen molar-refractivity contribution in [3.63, 3.8) is 0 Å². The van der Waals surface area contributed by atoms with Crippen LogP contribution in [-0.4, -0.2) is 42.2 Å². The van der Waals surface area contributed by atoms with Gasteiger partial charge in [-0.15, -0.1) is 0 Å². The first kappa shape index (κ1) is 16.0. The summed E-state index contributed by atoms with van der Waals surface area (Å²) < 4.78 is 5.72. The Bertz CT molecular complexity index is 665. The van der Waals surface area contributed by atoms with Crippen LogP contribution in [0, 0.1) is 5.92 Å². The number of anilines is 1. The number of nitrogens with zero attached hydrogens (tertiary/aromatic N) is 2. The number of rotatable bonds is 6. The molecule has 1 unspecified atom stereocenters. The summed E-state index contributed by atoms with van der Waals surface area (Å²) in [5, 5.41) is 8.73. The van der Waals surface area contributed by atoms with Crippen molar-refractivity contribution in [3.8, 4) is 5.75 Å². The highest BCUT2D eigenvalue weighted by Gasteiger charge is 2.19. The lowest BCUT2D eigenvalue weighted by atomic mass is 9.97. The van der Waals surface area contributed by atoms with Crippen molar-refractivity contribution in [1.82, 2.24) is 20.6 Å². The fourth-order valence-electron chi connectivity index (χ4n) is 2.56. The van der Waals surface area contributed by atoms with E-state index in [1.807, 2.05) is 18.2 Å². The summed E-state index contributed by atoms with van der Waals surface area (Å²) in [4.78, 5) is 19.9. The maximum absolute atomic E-state index is 11.8. The molecule has 2 aromatic rings. The van der Waals surface area contributed by atoms with Crippen LogP contribution in [0.2, 0.25) is 0 Å². The number of amides is 2. The molecule has 1 aromatic heterocycles. The summed E-state index contributed by atoms with van der Waals surface area (Å²) >= 11 is 0. The quantitative estimate of drug-likeness (QED) is 0.699. The molecular formula is C17H21N5O2. The third-order valence-electron chi connectivity index (χ3n) is 3.77. The molecule has 3 N–H and O–H groups in total. The lowest BCUT2D eigenvalue weighted by Crippen LogP contribution is -2.42. The Labute approximate surface area is 140 Å². The Morgan fingerprint density at radius 3 is 2.83 bits per heavy atom. The third kappa shape index (κ3) is 4.58. The van der Waals surface area contributed by atoms with Gasteiger partial charge in [-0.1, -0.05) is 18.2 Å². The molecule has 3 rings (SSSR count). The van der Waals surface area contributed by atoms with Gasteiger partial charge in [0.05, 0.1) is 6.61 Å². The number of fused-ring (bicyclic) bond motifs is 1. The molecular weight excluding hydrogens is 306 g/mol. The van der Waals surface area contributed by atoms with Crippen LogP contribution in [0.1, 0.15) is 5.56 Å². The van der Waals surface area contributed by atoms with Crippen LogP contribution in [0.25, 0.3) is 0 Å². The van der Waals surface area contributed by atoms with Gasteiger partial charge in [-0.3, -0.25) is 0 Å². The standard InChI is InChI=1S/C17H21N5O2/c23-17(21-9-8-20-16-18-6-3-7-19-16)22-11-13-10-14-4-1-2-5-15(14)24-12-13/h1-7,13H,8-12H2,(H,18,19,20)(H2,21,22,23). The minimum absolute atomic E-state index is 0.176. The second-order valence-corrected chi connectivity index (χ2v) is 5.62. The summed E-state index contributed by atoms with van der Waals surface area (Å²) in [7, 11) is 0. The number of hydrogen-bond acceptors (Lipinski definition) is 5. The van der Waals surface area contributed by atoms with E-state index in [0.717, 1.165) is 12.2 Å². The predicted octanol–water partition coefficient (Wildman–Crippen LogP) is 1.44. The Kier molecular flexibility index (Phi) is 5.44. The van der Waals surface area contributed by atoms with Gasteiger partial charge in [0, 0.05) is 37.9 Å². The first-order chi connectivity index (χ1) is 11.8. The Morgan fingerprint density at radius 2 is 1.96 bits per heavy atom. The van der Waals surface area contributed by atoms with Gasteiger partial charge in [0.15, 0.2) is 0 Å². The van der Waals surface area contributed by atoms with Gasteiger partial charge < -0.3 is 20.7 Å². The molecule has 0 spiro atoms. The third-order valence-corrected chi connectivity index (χ3v) is 3.77. The zero-order valence-corrected chi connectivity index (χ0v) is 13.4. The lowest BCUT2D eigenvalue weighted by molar-refractivity contribution is 0.211. The van der Waals surface area contributed by atoms with E-state index in [1.54, 1.807) is 18.5 Å². The molecule has 1 aliphatic heterocycles. The summed E-state index contributed by atoms with van der Waals surface area (Å²) in [6, 6.07) is 9.61. The number of aromatic nitrogens is 2. The molecule has 0 saturated carbocycles. The molecule has 7 heteroatoms. The highest BCUT2D eigenvalue weighted by molar-refractivity contribution is 5.73. The van der Waals surface area contributed by atoms with Gasteiger partial charge in [0.25, 0.3) is 0 Å². The van der Waals surface area contributed by atoms with Crippen molar-refractivity contribution >= 4 is 12.0 Å². The van der Waals surface area contributed by atoms with Crippen molar-refractivity contribution in [2.45, 2.75) is 6.42 Å². The smallest absolute Gasteiger partial charge is 0.314 e. The molecule has 1 aromatic carbocycles. The van der Waals surface area contributed by atoms with Crippen molar-refractivity contribution in [2.75, 3.05) is 31.6 Å². The van der Waals surface area contributed by atoms with Crippen LogP contribution in [-0.2, 0) is 6.42 Å². The highest BCUT2D eigenvalue weighted by atomic mass is 16.5. The number of carbonyl (C=O) groups excluding carboxylic acids is 1. The molecule has 0 bridgehead atoms. The van der Waals surface area contributed by atoms with Gasteiger partial charge in [0.2, 0.25) is 5.95 Å². The van der Waals surface area contributed by atoms with Gasteiger partial charge in [-0.2, -0.15) is 0 Å². The second-order valence-electron chi connectivity index (χ2n) is 5.62. The Morgan fingerprint density at radius 1 is 1.12 bits per heavy atom. The Hall–Kier alpha value is -2.83. The maximum atomic E-state index is 11.8. The summed E-state index contributed by atoms with van der Waals surface area (Å²) in [5.74, 6) is 1.80. The molecule has 0 saturated heterocycles. The van der Waals surface area contributed by atoms with E-state index < -0.39 is 0 Å². The number of ether oxygens (including phenoxy) is 1. The molecule has 1 atom stereocenters. The fraction of sp³-hybridized carbons (Fsp3) is 0.353. The van der Waals surface area contributed by atoms with Crippen molar-refractivity contribution in [1.29, 1.82) is 0 Å². The molecule has 0 aliphatic carbocycles. The molecule has 24 heavy (non-hydrogen) atoms. The average Bonchev–Trinajstić information content (AvgIpc) is 2.64. The monoisotopic (exact) mass is 327 g/mol. The van der Waals surface area contributed by atoms with Gasteiger partial charge >= 0.3 is 6.03 Å². The molecule has 2 amide bonds. The zero-order valence-electron chi connectivity index (χ0n) is 13.4. The van der Waals surface area contributed by atoms with Crippen LogP contribution in [0.15, 0.2) is 42.7 Å². The van der Waals surface area contributed by atoms with E-state index >= 15 is 0 Å². The maximum Gasteiger partial charge on any atom is 0.314 e. The van der Waals surface area contributed by atoms with Crippen LogP contribution >= 0.6 is 0 Å². The molecule has 1 aliphatic rings. The number of urea groups is 1. The SMILES string of the molecule is O=C(NCCNc1ncccn1)NCC1COc2ccccc2C1. The number of carbonyl (C=O) groups is 1. The lowest BCUT2D eigenvalue weighted by Gasteiger charge is -2.25. The average molecular weight is 327 g/mol. The van der Waals surface area contributed by atoms with E-state index in [0.29, 0.717) is 38.1 Å². The number of benzene rings is 1. The van der Waals surface area contributed by atoms with Crippen LogP contribution in [0.3, 0.4) is 0 Å². The van der Waals surface area contributed by atoms with E-state index in [2.05, 4.69) is 32.0 Å². The summed E-state index contributed by atoms with van der Waals surface area (Å²) in [5.41, 5.74) is 1.20. The van der Waals surface area contributed by atoms with Crippen LogP contribution in [0.5, 0.6) is 5.75 Å². The zero-order chi connectivity index (χ0) is 16.6. The van der Waals surface area contributed by atoms with Crippen LogP contribution < -0.4 is 20.7 Å². The number of nitrogens with one attached hydrogen (secondary N) is 3. The predicted molar refractivity (Wildman–Crippen MR) is 91.1 cm³/mol. The first-order valence-electron chi connectivity index (χ1n) is 8.04. The van der Waals surface area contributed by atoms with Crippen molar-refractivity contribution < 1.29 is 9.53 Å². The molecule has 126 valence electrons. The molecule has 0 fully saturated rings. The summed E-state index contributed by atoms with van der Waals surface area (Å²) in [6.07, 6.45) is 4.25. The normalized spacial score (nSPS) is 15.8. The number of hydrogen-bond donors (Lipinski definition) is 3. The van der Waals surface area contributed by atoms with Gasteiger partial charge in [-0.05, 0) is 24.1 Å².